The molecule has 15 nitrogen and oxygen atoms in total. The third-order valence-corrected chi connectivity index (χ3v) is 7.13. The van der Waals surface area contributed by atoms with Gasteiger partial charge < -0.3 is 69.3 Å². The summed E-state index contributed by atoms with van der Waals surface area (Å²) in [6.07, 6.45) is -16.2. The molecule has 2 fully saturated rings. The summed E-state index contributed by atoms with van der Waals surface area (Å²) in [5.74, 6) is -0.526. The zero-order chi connectivity index (χ0) is 30.3. The average molecular weight is 595 g/mol. The fourth-order valence-electron chi connectivity index (χ4n) is 4.76. The van der Waals surface area contributed by atoms with Crippen LogP contribution in [0.25, 0.3) is 22.3 Å². The van der Waals surface area contributed by atoms with Gasteiger partial charge in [0.25, 0.3) is 0 Å². The number of phenols is 2. The molecular weight excluding hydrogens is 564 g/mol. The molecule has 15 heteroatoms. The molecule has 0 amide bonds. The Hall–Kier alpha value is -3.35. The van der Waals surface area contributed by atoms with Crippen molar-refractivity contribution in [2.75, 3.05) is 13.2 Å². The maximum Gasteiger partial charge on any atom is 0.229 e. The van der Waals surface area contributed by atoms with Crippen LogP contribution >= 0.6 is 0 Å². The van der Waals surface area contributed by atoms with Crippen LogP contribution in [-0.4, -0.2) is 121 Å². The molecule has 5 rings (SSSR count). The summed E-state index contributed by atoms with van der Waals surface area (Å²) < 4.78 is 27.7. The summed E-state index contributed by atoms with van der Waals surface area (Å²) in [5.41, 5.74) is -0.196. The van der Waals surface area contributed by atoms with Gasteiger partial charge in [-0.2, -0.15) is 0 Å². The minimum atomic E-state index is -1.81. The van der Waals surface area contributed by atoms with E-state index in [4.69, 9.17) is 23.4 Å². The number of benzene rings is 2. The lowest BCUT2D eigenvalue weighted by atomic mass is 9.98. The van der Waals surface area contributed by atoms with Crippen molar-refractivity contribution >= 4 is 11.0 Å². The molecule has 2 aliphatic rings. The number of fused-ring (bicyclic) bond motifs is 1. The highest BCUT2D eigenvalue weighted by Crippen LogP contribution is 2.34. The third kappa shape index (κ3) is 5.80. The zero-order valence-electron chi connectivity index (χ0n) is 21.7. The fourth-order valence-corrected chi connectivity index (χ4v) is 4.76. The maximum absolute atomic E-state index is 12.7. The number of ether oxygens (including phenoxy) is 4. The van der Waals surface area contributed by atoms with Gasteiger partial charge in [-0.25, -0.2) is 0 Å². The van der Waals surface area contributed by atoms with Gasteiger partial charge in [-0.3, -0.25) is 4.79 Å². The monoisotopic (exact) mass is 594 g/mol. The quantitative estimate of drug-likeness (QED) is 0.142. The van der Waals surface area contributed by atoms with Crippen molar-refractivity contribution in [3.63, 3.8) is 0 Å². The molecule has 228 valence electrons. The van der Waals surface area contributed by atoms with E-state index in [1.807, 2.05) is 0 Å². The average Bonchev–Trinajstić information content (AvgIpc) is 2.96. The van der Waals surface area contributed by atoms with E-state index >= 15 is 0 Å². The van der Waals surface area contributed by atoms with Crippen LogP contribution in [-0.2, 0) is 14.2 Å². The third-order valence-electron chi connectivity index (χ3n) is 7.13. The van der Waals surface area contributed by atoms with Gasteiger partial charge >= 0.3 is 0 Å². The van der Waals surface area contributed by atoms with Gasteiger partial charge in [0, 0.05) is 23.8 Å². The lowest BCUT2D eigenvalue weighted by molar-refractivity contribution is -0.323. The largest absolute Gasteiger partial charge is 0.508 e. The van der Waals surface area contributed by atoms with Crippen LogP contribution in [0.4, 0.5) is 0 Å². The smallest absolute Gasteiger partial charge is 0.229 e. The van der Waals surface area contributed by atoms with Crippen molar-refractivity contribution < 1.29 is 69.3 Å². The molecule has 0 unspecified atom stereocenters. The minimum Gasteiger partial charge on any atom is -0.508 e. The van der Waals surface area contributed by atoms with Crippen molar-refractivity contribution in [1.29, 1.82) is 0 Å². The Balaban J connectivity index is 1.34. The molecule has 2 aliphatic heterocycles. The second-order valence-electron chi connectivity index (χ2n) is 10.0. The van der Waals surface area contributed by atoms with Gasteiger partial charge in [-0.1, -0.05) is 0 Å². The van der Waals surface area contributed by atoms with Crippen molar-refractivity contribution in [1.82, 2.24) is 0 Å². The van der Waals surface area contributed by atoms with Crippen molar-refractivity contribution in [3.05, 3.63) is 52.7 Å². The lowest BCUT2D eigenvalue weighted by Gasteiger charge is -2.42. The van der Waals surface area contributed by atoms with E-state index in [0.29, 0.717) is 5.56 Å². The van der Waals surface area contributed by atoms with Gasteiger partial charge in [0.1, 0.15) is 82.8 Å². The first-order valence-electron chi connectivity index (χ1n) is 12.9. The summed E-state index contributed by atoms with van der Waals surface area (Å²) in [6, 6.07) is 9.31. The van der Waals surface area contributed by atoms with Crippen molar-refractivity contribution in [2.45, 2.75) is 61.4 Å². The second-order valence-corrected chi connectivity index (χ2v) is 10.0. The molecule has 0 saturated carbocycles. The predicted octanol–water partition coefficient (Wildman–Crippen LogP) is -2.13. The number of hydrogen-bond acceptors (Lipinski definition) is 15. The number of aromatic hydroxyl groups is 2. The van der Waals surface area contributed by atoms with E-state index in [9.17, 15) is 50.8 Å². The minimum absolute atomic E-state index is 0.00505. The van der Waals surface area contributed by atoms with Gasteiger partial charge in [-0.15, -0.1) is 0 Å². The molecule has 2 aromatic carbocycles. The Labute approximate surface area is 236 Å². The molecule has 0 aliphatic carbocycles. The molecule has 0 radical (unpaired) electrons. The van der Waals surface area contributed by atoms with Gasteiger partial charge in [0.15, 0.2) is 11.7 Å². The lowest BCUT2D eigenvalue weighted by Crippen LogP contribution is -2.62. The predicted molar refractivity (Wildman–Crippen MR) is 138 cm³/mol. The Morgan fingerprint density at radius 3 is 2.02 bits per heavy atom. The summed E-state index contributed by atoms with van der Waals surface area (Å²) in [4.78, 5) is 12.7. The van der Waals surface area contributed by atoms with E-state index in [1.165, 1.54) is 36.4 Å². The molecule has 42 heavy (non-hydrogen) atoms. The fraction of sp³-hybridized carbons (Fsp3) is 0.444. The summed E-state index contributed by atoms with van der Waals surface area (Å²) in [7, 11) is 0. The first-order valence-corrected chi connectivity index (χ1v) is 12.9. The molecule has 0 spiro atoms. The van der Waals surface area contributed by atoms with Crippen molar-refractivity contribution in [3.8, 4) is 28.6 Å². The first-order chi connectivity index (χ1) is 20.0. The Kier molecular flexibility index (Phi) is 8.68. The van der Waals surface area contributed by atoms with Gasteiger partial charge in [0.05, 0.1) is 13.2 Å². The Bertz CT molecular complexity index is 1440. The van der Waals surface area contributed by atoms with Gasteiger partial charge in [-0.05, 0) is 24.3 Å². The normalized spacial score (nSPS) is 33.5. The highest BCUT2D eigenvalue weighted by atomic mass is 16.7. The Morgan fingerprint density at radius 2 is 1.36 bits per heavy atom. The molecule has 9 N–H and O–H groups in total. The second kappa shape index (κ2) is 12.1. The van der Waals surface area contributed by atoms with Crippen LogP contribution < -0.4 is 10.2 Å². The number of phenolic OH excluding ortho intramolecular Hbond substituents is 2. The van der Waals surface area contributed by atoms with Crippen LogP contribution in [0.3, 0.4) is 0 Å². The first kappa shape index (κ1) is 30.1. The SMILES string of the molecule is O=c1cc(-c2ccc(O)cc2)oc2cc(O[C@@H]3O[C@H](CO[C@H]4O[C@H](CO)[C@H](O)[C@@H](O)[C@@H]4O)[C@@H](O)[C@H](O)[C@@H]3O)cc(O)c12. The van der Waals surface area contributed by atoms with Crippen LogP contribution in [0.1, 0.15) is 0 Å². The van der Waals surface area contributed by atoms with Gasteiger partial charge in [0.2, 0.25) is 6.29 Å². The standard InChI is InChI=1S/C27H30O15/c28-8-17-20(32)22(34)24(36)26(41-17)38-9-18-21(33)23(35)25(37)27(42-18)39-12-5-13(30)19-14(31)7-15(40-16(19)6-12)10-1-3-11(29)4-2-10/h1-7,17-18,20-30,32-37H,8-9H2/t17-,18-,20+,21-,22-,23+,24+,25+,26+,27-/m1/s1. The highest BCUT2D eigenvalue weighted by molar-refractivity contribution is 5.86. The van der Waals surface area contributed by atoms with E-state index < -0.39 is 85.8 Å². The van der Waals surface area contributed by atoms with Crippen LogP contribution in [0.15, 0.2) is 51.7 Å². The maximum atomic E-state index is 12.7. The Morgan fingerprint density at radius 1 is 0.738 bits per heavy atom. The number of aliphatic hydroxyl groups is 7. The number of hydrogen-bond donors (Lipinski definition) is 9. The number of rotatable bonds is 7. The van der Waals surface area contributed by atoms with E-state index in [0.717, 1.165) is 6.07 Å². The molecule has 1 aromatic heterocycles. The number of aliphatic hydroxyl groups excluding tert-OH is 7. The molecule has 2 saturated heterocycles. The molecular formula is C27H30O15. The molecule has 0 bridgehead atoms. The highest BCUT2D eigenvalue weighted by Gasteiger charge is 2.48. The van der Waals surface area contributed by atoms with E-state index in [2.05, 4.69) is 0 Å². The van der Waals surface area contributed by atoms with Crippen molar-refractivity contribution in [2.24, 2.45) is 0 Å². The van der Waals surface area contributed by atoms with E-state index in [1.54, 1.807) is 0 Å². The van der Waals surface area contributed by atoms with Crippen LogP contribution in [0, 0.1) is 0 Å². The van der Waals surface area contributed by atoms with Crippen LogP contribution in [0.2, 0.25) is 0 Å². The van der Waals surface area contributed by atoms with Crippen LogP contribution in [0.5, 0.6) is 17.2 Å². The van der Waals surface area contributed by atoms with E-state index in [-0.39, 0.29) is 28.2 Å². The zero-order valence-corrected chi connectivity index (χ0v) is 21.7. The summed E-state index contributed by atoms with van der Waals surface area (Å²) in [6.45, 7) is -1.26. The molecule has 10 atom stereocenters. The summed E-state index contributed by atoms with van der Waals surface area (Å²) in [5, 5.41) is 90.6. The molecule has 3 heterocycles. The summed E-state index contributed by atoms with van der Waals surface area (Å²) >= 11 is 0. The topological polar surface area (TPSA) is 249 Å². The molecule has 3 aromatic rings.